The molecule has 0 fully saturated rings. The zero-order chi connectivity index (χ0) is 15.0. The third-order valence-corrected chi connectivity index (χ3v) is 2.56. The summed E-state index contributed by atoms with van der Waals surface area (Å²) < 4.78 is 33.5. The summed E-state index contributed by atoms with van der Waals surface area (Å²) in [5.74, 6) is -0.328. The van der Waals surface area contributed by atoms with E-state index in [2.05, 4.69) is 10.1 Å². The fraction of sp³-hybridized carbons (Fsp3) is 0.462. The van der Waals surface area contributed by atoms with Gasteiger partial charge in [0, 0.05) is 12.1 Å². The zero-order valence-corrected chi connectivity index (χ0v) is 11.2. The quantitative estimate of drug-likeness (QED) is 0.715. The van der Waals surface area contributed by atoms with Gasteiger partial charge < -0.3 is 20.5 Å². The van der Waals surface area contributed by atoms with Gasteiger partial charge >= 0.3 is 6.61 Å². The highest BCUT2D eigenvalue weighted by Crippen LogP contribution is 2.29. The van der Waals surface area contributed by atoms with Gasteiger partial charge in [-0.2, -0.15) is 8.78 Å². The van der Waals surface area contributed by atoms with E-state index in [0.717, 1.165) is 12.8 Å². The first-order chi connectivity index (χ1) is 9.58. The van der Waals surface area contributed by atoms with Crippen molar-refractivity contribution in [3.05, 3.63) is 23.8 Å². The first-order valence-corrected chi connectivity index (χ1v) is 6.19. The minimum atomic E-state index is -2.94. The second-order valence-corrected chi connectivity index (χ2v) is 4.00. The van der Waals surface area contributed by atoms with Gasteiger partial charge in [-0.25, -0.2) is 0 Å². The van der Waals surface area contributed by atoms with E-state index in [9.17, 15) is 13.6 Å². The van der Waals surface area contributed by atoms with Gasteiger partial charge in [0.1, 0.15) is 0 Å². The van der Waals surface area contributed by atoms with Crippen molar-refractivity contribution in [1.29, 1.82) is 0 Å². The van der Waals surface area contributed by atoms with Crippen LogP contribution in [0.2, 0.25) is 0 Å². The van der Waals surface area contributed by atoms with E-state index < -0.39 is 6.61 Å². The maximum Gasteiger partial charge on any atom is 0.387 e. The predicted octanol–water partition coefficient (Wildman–Crippen LogP) is 1.77. The third kappa shape index (κ3) is 5.00. The second-order valence-electron chi connectivity index (χ2n) is 4.00. The van der Waals surface area contributed by atoms with Crippen LogP contribution in [0.4, 0.5) is 8.78 Å². The van der Waals surface area contributed by atoms with Gasteiger partial charge in [0.15, 0.2) is 11.5 Å². The number of carbonyl (C=O) groups excluding carboxylic acids is 1. The van der Waals surface area contributed by atoms with E-state index in [1.54, 1.807) is 0 Å². The lowest BCUT2D eigenvalue weighted by Crippen LogP contribution is -2.24. The number of rotatable bonds is 8. The topological polar surface area (TPSA) is 73.6 Å². The number of benzene rings is 1. The Hall–Kier alpha value is -1.89. The SMILES string of the molecule is COc1cc(C(=O)NCCCCN)ccc1OC(F)F. The van der Waals surface area contributed by atoms with E-state index >= 15 is 0 Å². The molecule has 5 nitrogen and oxygen atoms in total. The number of carbonyl (C=O) groups is 1. The van der Waals surface area contributed by atoms with Gasteiger partial charge in [-0.1, -0.05) is 0 Å². The predicted molar refractivity (Wildman–Crippen MR) is 70.2 cm³/mol. The number of nitrogens with one attached hydrogen (secondary N) is 1. The first-order valence-electron chi connectivity index (χ1n) is 6.19. The van der Waals surface area contributed by atoms with Crippen LogP contribution in [0.5, 0.6) is 11.5 Å². The number of unbranched alkanes of at least 4 members (excludes halogenated alkanes) is 1. The van der Waals surface area contributed by atoms with Gasteiger partial charge in [0.2, 0.25) is 0 Å². The molecular formula is C13H18F2N2O3. The summed E-state index contributed by atoms with van der Waals surface area (Å²) in [6, 6.07) is 4.04. The molecule has 0 aliphatic heterocycles. The lowest BCUT2D eigenvalue weighted by atomic mass is 10.2. The summed E-state index contributed by atoms with van der Waals surface area (Å²) in [5, 5.41) is 2.71. The van der Waals surface area contributed by atoms with Crippen LogP contribution in [0.1, 0.15) is 23.2 Å². The van der Waals surface area contributed by atoms with E-state index in [-0.39, 0.29) is 17.4 Å². The molecule has 0 atom stereocenters. The maximum absolute atomic E-state index is 12.2. The second kappa shape index (κ2) is 8.31. The molecular weight excluding hydrogens is 270 g/mol. The lowest BCUT2D eigenvalue weighted by Gasteiger charge is -2.11. The minimum absolute atomic E-state index is 0.0832. The Morgan fingerprint density at radius 2 is 2.10 bits per heavy atom. The smallest absolute Gasteiger partial charge is 0.387 e. The van der Waals surface area contributed by atoms with Crippen molar-refractivity contribution >= 4 is 5.91 Å². The van der Waals surface area contributed by atoms with Crippen LogP contribution in [0.3, 0.4) is 0 Å². The molecule has 1 aromatic carbocycles. The molecule has 0 spiro atoms. The molecule has 0 heterocycles. The molecule has 112 valence electrons. The molecule has 0 aliphatic carbocycles. The number of alkyl halides is 2. The average molecular weight is 288 g/mol. The molecule has 0 bridgehead atoms. The Bertz CT molecular complexity index is 442. The van der Waals surface area contributed by atoms with Crippen molar-refractivity contribution in [3.63, 3.8) is 0 Å². The van der Waals surface area contributed by atoms with Crippen LogP contribution in [-0.2, 0) is 0 Å². The summed E-state index contributed by atoms with van der Waals surface area (Å²) in [7, 11) is 1.32. The van der Waals surface area contributed by atoms with Crippen molar-refractivity contribution in [1.82, 2.24) is 5.32 Å². The number of ether oxygens (including phenoxy) is 2. The van der Waals surface area contributed by atoms with Gasteiger partial charge in [-0.15, -0.1) is 0 Å². The highest BCUT2D eigenvalue weighted by Gasteiger charge is 2.13. The van der Waals surface area contributed by atoms with E-state index in [4.69, 9.17) is 10.5 Å². The van der Waals surface area contributed by atoms with Crippen molar-refractivity contribution < 1.29 is 23.0 Å². The van der Waals surface area contributed by atoms with Gasteiger partial charge in [-0.05, 0) is 37.6 Å². The van der Waals surface area contributed by atoms with Crippen LogP contribution < -0.4 is 20.5 Å². The Morgan fingerprint density at radius 1 is 1.35 bits per heavy atom. The van der Waals surface area contributed by atoms with Crippen LogP contribution in [0.25, 0.3) is 0 Å². The number of halogens is 2. The fourth-order valence-corrected chi connectivity index (χ4v) is 1.58. The summed E-state index contributed by atoms with van der Waals surface area (Å²) in [6.45, 7) is -1.86. The van der Waals surface area contributed by atoms with Crippen LogP contribution >= 0.6 is 0 Å². The molecule has 0 aromatic heterocycles. The van der Waals surface area contributed by atoms with E-state index in [1.807, 2.05) is 0 Å². The number of hydrogen-bond donors (Lipinski definition) is 2. The van der Waals surface area contributed by atoms with Crippen LogP contribution in [0, 0.1) is 0 Å². The maximum atomic E-state index is 12.2. The molecule has 1 amide bonds. The molecule has 20 heavy (non-hydrogen) atoms. The summed E-state index contributed by atoms with van der Waals surface area (Å²) in [4.78, 5) is 11.8. The molecule has 0 radical (unpaired) electrons. The fourth-order valence-electron chi connectivity index (χ4n) is 1.58. The lowest BCUT2D eigenvalue weighted by molar-refractivity contribution is -0.0512. The van der Waals surface area contributed by atoms with Crippen molar-refractivity contribution in [3.8, 4) is 11.5 Å². The molecule has 1 aromatic rings. The molecule has 0 saturated heterocycles. The molecule has 7 heteroatoms. The minimum Gasteiger partial charge on any atom is -0.493 e. The third-order valence-electron chi connectivity index (χ3n) is 2.56. The number of nitrogens with two attached hydrogens (primary N) is 1. The van der Waals surface area contributed by atoms with Gasteiger partial charge in [0.05, 0.1) is 7.11 Å². The Morgan fingerprint density at radius 3 is 2.70 bits per heavy atom. The van der Waals surface area contributed by atoms with Gasteiger partial charge in [-0.3, -0.25) is 4.79 Å². The molecule has 1 rings (SSSR count). The Balaban J connectivity index is 2.69. The Labute approximate surface area is 116 Å². The summed E-state index contributed by atoms with van der Waals surface area (Å²) >= 11 is 0. The highest BCUT2D eigenvalue weighted by atomic mass is 19.3. The summed E-state index contributed by atoms with van der Waals surface area (Å²) in [5.41, 5.74) is 5.66. The zero-order valence-electron chi connectivity index (χ0n) is 11.2. The molecule has 0 saturated carbocycles. The number of amides is 1. The largest absolute Gasteiger partial charge is 0.493 e. The normalized spacial score (nSPS) is 10.4. The number of hydrogen-bond acceptors (Lipinski definition) is 4. The summed E-state index contributed by atoms with van der Waals surface area (Å²) in [6.07, 6.45) is 1.61. The standard InChI is InChI=1S/C13H18F2N2O3/c1-19-11-8-9(4-5-10(11)20-13(14)15)12(18)17-7-3-2-6-16/h4-5,8,13H,2-3,6-7,16H2,1H3,(H,17,18). The highest BCUT2D eigenvalue weighted by molar-refractivity contribution is 5.94. The van der Waals surface area contributed by atoms with Crippen molar-refractivity contribution in [2.24, 2.45) is 5.73 Å². The van der Waals surface area contributed by atoms with Crippen molar-refractivity contribution in [2.75, 3.05) is 20.2 Å². The molecule has 0 unspecified atom stereocenters. The van der Waals surface area contributed by atoms with Crippen molar-refractivity contribution in [2.45, 2.75) is 19.5 Å². The van der Waals surface area contributed by atoms with E-state index in [0.29, 0.717) is 18.7 Å². The molecule has 3 N–H and O–H groups in total. The monoisotopic (exact) mass is 288 g/mol. The van der Waals surface area contributed by atoms with Crippen LogP contribution in [0.15, 0.2) is 18.2 Å². The van der Waals surface area contributed by atoms with Gasteiger partial charge in [0.25, 0.3) is 5.91 Å². The first kappa shape index (κ1) is 16.2. The molecule has 0 aliphatic rings. The van der Waals surface area contributed by atoms with E-state index in [1.165, 1.54) is 25.3 Å². The Kier molecular flexibility index (Phi) is 6.72. The number of methoxy groups -OCH3 is 1. The van der Waals surface area contributed by atoms with Crippen LogP contribution in [-0.4, -0.2) is 32.7 Å². The average Bonchev–Trinajstić information content (AvgIpc) is 2.43.